The summed E-state index contributed by atoms with van der Waals surface area (Å²) in [7, 11) is 0. The van der Waals surface area contributed by atoms with Crippen molar-refractivity contribution in [1.82, 2.24) is 4.73 Å². The summed E-state index contributed by atoms with van der Waals surface area (Å²) >= 11 is 1.14. The molecule has 0 bridgehead atoms. The van der Waals surface area contributed by atoms with Crippen LogP contribution in [0.5, 0.6) is 0 Å². The highest BCUT2D eigenvalue weighted by molar-refractivity contribution is 8.03. The maximum Gasteiger partial charge on any atom is 0.249 e. The highest BCUT2D eigenvalue weighted by atomic mass is 32.2. The number of anilines is 2. The van der Waals surface area contributed by atoms with Crippen LogP contribution in [0, 0.1) is 20.8 Å². The molecule has 4 aromatic carbocycles. The second kappa shape index (κ2) is 39.6. The van der Waals surface area contributed by atoms with Crippen LogP contribution in [0.1, 0.15) is 73.9 Å². The van der Waals surface area contributed by atoms with Crippen molar-refractivity contribution in [2.45, 2.75) is 69.2 Å². The van der Waals surface area contributed by atoms with Crippen LogP contribution in [0.15, 0.2) is 160 Å². The van der Waals surface area contributed by atoms with Crippen LogP contribution in [0.25, 0.3) is 10.9 Å². The first-order chi connectivity index (χ1) is 41.9. The van der Waals surface area contributed by atoms with Crippen LogP contribution < -0.4 is 9.91 Å². The lowest BCUT2D eigenvalue weighted by molar-refractivity contribution is -0.429. The first kappa shape index (κ1) is 67.1. The van der Waals surface area contributed by atoms with Gasteiger partial charge in [-0.15, -0.1) is 13.2 Å². The lowest BCUT2D eigenvalue weighted by atomic mass is 9.87. The van der Waals surface area contributed by atoms with Gasteiger partial charge in [0.2, 0.25) is 5.70 Å². The molecule has 1 aromatic heterocycles. The van der Waals surface area contributed by atoms with Gasteiger partial charge < -0.3 is 57.6 Å². The van der Waals surface area contributed by atoms with E-state index in [1.165, 1.54) is 11.1 Å². The summed E-state index contributed by atoms with van der Waals surface area (Å²) in [6.45, 7) is 19.2. The van der Waals surface area contributed by atoms with Crippen molar-refractivity contribution in [2.75, 3.05) is 135 Å². The number of aromatic nitrogens is 1. The second-order valence-corrected chi connectivity index (χ2v) is 20.0. The third kappa shape index (κ3) is 22.1. The Morgan fingerprint density at radius 1 is 0.765 bits per heavy atom. The molecule has 3 heterocycles. The van der Waals surface area contributed by atoms with E-state index >= 15 is 0 Å². The minimum atomic E-state index is -0.304. The number of nitriles is 1. The van der Waals surface area contributed by atoms with E-state index in [2.05, 4.69) is 84.1 Å². The van der Waals surface area contributed by atoms with E-state index in [4.69, 9.17) is 63.1 Å². The van der Waals surface area contributed by atoms with Gasteiger partial charge >= 0.3 is 0 Å². The molecule has 5 aromatic rings. The predicted molar refractivity (Wildman–Crippen MR) is 328 cm³/mol. The fraction of sp³-hybridized carbons (Fsp3) is 0.460. The van der Waals surface area contributed by atoms with Crippen LogP contribution in [0.2, 0.25) is 0 Å². The molecule has 0 amide bonds. The van der Waals surface area contributed by atoms with Crippen LogP contribution in [-0.4, -0.2) is 153 Å². The lowest BCUT2D eigenvalue weighted by Crippen LogP contribution is -2.33. The molecule has 3 unspecified atom stereocenters. The fourth-order valence-corrected chi connectivity index (χ4v) is 9.83. The van der Waals surface area contributed by atoms with Gasteiger partial charge in [0, 0.05) is 58.8 Å². The van der Waals surface area contributed by atoms with Crippen molar-refractivity contribution in [3.8, 4) is 5.40 Å². The standard InChI is InChI=1S/C53H67N7O11S.C8H11NO2.C2H4/c1-2-20-62-22-24-64-28-30-68-39-45(40-69-31-29-65-26-27-67-33-35-71-55-36-43-38-59(61)51-14-8-5-10-47(43)51)70-34-32-66-25-23-63-21-19-58-37-42-9-3-4-11-48(42)53-52(49-12-6-7-13-50(49)58)56-57-60(53)44-15-17-46(18-16-44)72-41-54;1-2-7-5-3-4-6-8(7)9(10)11;1-2/h3-18,36,38,45,52-53,61H,2,19-35,37,39-40H2,1H3;3,5H,2,4,6H2,1H3;1-2H2/b55-36+;;. The fourth-order valence-electron chi connectivity index (χ4n) is 9.45. The van der Waals surface area contributed by atoms with E-state index in [1.807, 2.05) is 72.6 Å². The van der Waals surface area contributed by atoms with E-state index in [0.717, 1.165) is 80.7 Å². The number of oxime groups is 1. The first-order valence-electron chi connectivity index (χ1n) is 28.9. The molecule has 21 nitrogen and oxygen atoms in total. The summed E-state index contributed by atoms with van der Waals surface area (Å²) in [4.78, 5) is 18.7. The van der Waals surface area contributed by atoms with Crippen molar-refractivity contribution in [3.63, 3.8) is 0 Å². The average molecular weight is 1190 g/mol. The van der Waals surface area contributed by atoms with Gasteiger partial charge in [0.05, 0.1) is 134 Å². The van der Waals surface area contributed by atoms with Gasteiger partial charge in [0.25, 0.3) is 0 Å². The number of nitrogens with zero attached hydrogens (tertiary/aromatic N) is 8. The quantitative estimate of drug-likeness (QED) is 0.00570. The molecule has 0 radical (unpaired) electrons. The van der Waals surface area contributed by atoms with Crippen LogP contribution >= 0.6 is 11.8 Å². The van der Waals surface area contributed by atoms with Gasteiger partial charge in [-0.05, 0) is 78.5 Å². The van der Waals surface area contributed by atoms with Crippen molar-refractivity contribution in [1.29, 1.82) is 5.26 Å². The summed E-state index contributed by atoms with van der Waals surface area (Å²) in [6.07, 6.45) is 9.84. The molecule has 0 saturated heterocycles. The van der Waals surface area contributed by atoms with E-state index in [0.29, 0.717) is 136 Å². The number of allylic oxidation sites excluding steroid dienone is 4. The number of fused-ring (bicyclic) bond motifs is 6. The van der Waals surface area contributed by atoms with Gasteiger partial charge in [-0.2, -0.15) is 15.1 Å². The molecule has 0 spiro atoms. The van der Waals surface area contributed by atoms with Gasteiger partial charge in [-0.25, -0.2) is 5.01 Å². The second-order valence-electron chi connectivity index (χ2n) is 19.2. The number of nitro groups is 1. The SMILES string of the molecule is C=C.CCC1=C([N+](=O)[O-])CCC=C1.CCCOCCOCCOCC(COCCOCCOCCO/N=C/c1cn(O)c2ccccc12)OCCOCCOCCN1Cc2ccccc2C2C(N=NN2c2ccc(SC#N)cc2)c2ccccc21. The number of hydrogen-bond donors (Lipinski definition) is 1. The number of ether oxygens (including phenoxy) is 9. The Kier molecular flexibility index (Phi) is 31.3. The minimum Gasteiger partial charge on any atom is -0.428 e. The minimum absolute atomic E-state index is 0.119. The Morgan fingerprint density at radius 2 is 1.36 bits per heavy atom. The highest BCUT2D eigenvalue weighted by Gasteiger charge is 2.40. The maximum atomic E-state index is 10.4. The maximum absolute atomic E-state index is 10.4. The van der Waals surface area contributed by atoms with E-state index in [-0.39, 0.29) is 29.7 Å². The zero-order chi connectivity index (χ0) is 60.1. The van der Waals surface area contributed by atoms with Crippen LogP contribution in [-0.2, 0) is 54.0 Å². The number of thiocyanates is 1. The molecular formula is C63H82N8O13S. The molecule has 0 fully saturated rings. The highest BCUT2D eigenvalue weighted by Crippen LogP contribution is 2.49. The van der Waals surface area contributed by atoms with E-state index < -0.39 is 0 Å². The summed E-state index contributed by atoms with van der Waals surface area (Å²) in [5.41, 5.74) is 8.26. The Hall–Kier alpha value is -7.01. The molecule has 22 heteroatoms. The summed E-state index contributed by atoms with van der Waals surface area (Å²) in [6, 6.07) is 32.0. The predicted octanol–water partition coefficient (Wildman–Crippen LogP) is 11.5. The third-order valence-electron chi connectivity index (χ3n) is 13.5. The normalized spacial score (nSPS) is 15.5. The van der Waals surface area contributed by atoms with Crippen molar-refractivity contribution in [3.05, 3.63) is 172 Å². The molecule has 0 saturated carbocycles. The van der Waals surface area contributed by atoms with E-state index in [9.17, 15) is 15.3 Å². The summed E-state index contributed by atoms with van der Waals surface area (Å²) < 4.78 is 53.3. The number of hydrogen-bond acceptors (Lipinski definition) is 20. The van der Waals surface area contributed by atoms with Gasteiger partial charge in [0.1, 0.15) is 30.2 Å². The van der Waals surface area contributed by atoms with Crippen molar-refractivity contribution in [2.24, 2.45) is 15.5 Å². The average Bonchev–Trinajstić information content (AvgIpc) is 2.04. The smallest absolute Gasteiger partial charge is 0.249 e. The molecule has 458 valence electrons. The molecule has 3 aliphatic rings. The van der Waals surface area contributed by atoms with Crippen LogP contribution in [0.4, 0.5) is 11.4 Å². The molecule has 2 aliphatic heterocycles. The van der Waals surface area contributed by atoms with Crippen molar-refractivity contribution < 1.29 is 57.6 Å². The lowest BCUT2D eigenvalue weighted by Gasteiger charge is -2.35. The molecular weight excluding hydrogens is 1110 g/mol. The number of para-hydroxylation sites is 2. The number of thioether (sulfide) groups is 1. The van der Waals surface area contributed by atoms with Crippen LogP contribution in [0.3, 0.4) is 0 Å². The zero-order valence-corrected chi connectivity index (χ0v) is 49.8. The molecule has 3 atom stereocenters. The Labute approximate surface area is 503 Å². The van der Waals surface area contributed by atoms with Gasteiger partial charge in [0.15, 0.2) is 0 Å². The molecule has 1 N–H and O–H groups in total. The molecule has 85 heavy (non-hydrogen) atoms. The number of rotatable bonds is 37. The topological polar surface area (TPSA) is 228 Å². The monoisotopic (exact) mass is 1190 g/mol. The third-order valence-corrected chi connectivity index (χ3v) is 14.1. The largest absolute Gasteiger partial charge is 0.428 e. The zero-order valence-electron chi connectivity index (χ0n) is 49.0. The summed E-state index contributed by atoms with van der Waals surface area (Å²) in [5.74, 6) is 0. The number of benzene rings is 4. The molecule has 8 rings (SSSR count). The van der Waals surface area contributed by atoms with Crippen molar-refractivity contribution >= 4 is 40.3 Å². The summed E-state index contributed by atoms with van der Waals surface area (Å²) in [5, 5.41) is 48.2. The van der Waals surface area contributed by atoms with E-state index in [1.54, 1.807) is 12.4 Å². The Balaban J connectivity index is 0.000000792. The Bertz CT molecular complexity index is 2900. The van der Waals surface area contributed by atoms with Gasteiger partial charge in [-0.3, -0.25) is 10.1 Å². The van der Waals surface area contributed by atoms with Gasteiger partial charge in [-0.1, -0.05) is 97.0 Å². The molecule has 1 aliphatic carbocycles. The Morgan fingerprint density at radius 3 is 2.02 bits per heavy atom. The first-order valence-corrected chi connectivity index (χ1v) is 29.7.